The lowest BCUT2D eigenvalue weighted by Gasteiger charge is -2.24. The number of likely N-dealkylation sites (tertiary alicyclic amines) is 1. The van der Waals surface area contributed by atoms with Crippen LogP contribution < -0.4 is 5.32 Å². The number of rotatable bonds is 5. The number of pyridine rings is 1. The van der Waals surface area contributed by atoms with E-state index < -0.39 is 0 Å². The summed E-state index contributed by atoms with van der Waals surface area (Å²) >= 11 is 0. The van der Waals surface area contributed by atoms with E-state index in [-0.39, 0.29) is 11.9 Å². The van der Waals surface area contributed by atoms with Gasteiger partial charge in [-0.2, -0.15) is 5.10 Å². The maximum atomic E-state index is 13.0. The van der Waals surface area contributed by atoms with Crippen LogP contribution in [0.25, 0.3) is 16.6 Å². The molecule has 0 radical (unpaired) electrons. The van der Waals surface area contributed by atoms with E-state index in [1.807, 2.05) is 48.8 Å². The number of hydrogen-bond acceptors (Lipinski definition) is 4. The SMILES string of the molecule is O=C(Nc1ccc(-n2cccn2)cc1)C1CCCN1Cc1cccc2cccnc12. The zero-order chi connectivity index (χ0) is 20.3. The lowest BCUT2D eigenvalue weighted by molar-refractivity contribution is -0.120. The Labute approximate surface area is 175 Å². The van der Waals surface area contributed by atoms with E-state index in [9.17, 15) is 4.79 Å². The van der Waals surface area contributed by atoms with E-state index in [2.05, 4.69) is 44.6 Å². The Kier molecular flexibility index (Phi) is 4.99. The molecule has 1 aliphatic heterocycles. The lowest BCUT2D eigenvalue weighted by atomic mass is 10.1. The largest absolute Gasteiger partial charge is 0.325 e. The first kappa shape index (κ1) is 18.5. The van der Waals surface area contributed by atoms with Crippen LogP contribution in [0.2, 0.25) is 0 Å². The van der Waals surface area contributed by atoms with Crippen LogP contribution in [0.3, 0.4) is 0 Å². The highest BCUT2D eigenvalue weighted by atomic mass is 16.2. The molecular weight excluding hydrogens is 374 g/mol. The molecule has 1 aliphatic rings. The van der Waals surface area contributed by atoms with Gasteiger partial charge >= 0.3 is 0 Å². The summed E-state index contributed by atoms with van der Waals surface area (Å²) in [4.78, 5) is 19.8. The molecule has 5 rings (SSSR count). The fourth-order valence-corrected chi connectivity index (χ4v) is 4.17. The van der Waals surface area contributed by atoms with E-state index in [0.717, 1.165) is 53.8 Å². The maximum Gasteiger partial charge on any atom is 0.241 e. The van der Waals surface area contributed by atoms with Gasteiger partial charge in [-0.05, 0) is 61.3 Å². The van der Waals surface area contributed by atoms with Gasteiger partial charge < -0.3 is 5.32 Å². The fourth-order valence-electron chi connectivity index (χ4n) is 4.17. The van der Waals surface area contributed by atoms with Crippen molar-refractivity contribution in [3.63, 3.8) is 0 Å². The molecule has 1 saturated heterocycles. The Morgan fingerprint density at radius 2 is 1.90 bits per heavy atom. The summed E-state index contributed by atoms with van der Waals surface area (Å²) in [6, 6.07) is 19.8. The molecule has 30 heavy (non-hydrogen) atoms. The molecule has 4 aromatic rings. The summed E-state index contributed by atoms with van der Waals surface area (Å²) < 4.78 is 1.79. The number of anilines is 1. The van der Waals surface area contributed by atoms with Crippen LogP contribution in [-0.4, -0.2) is 38.2 Å². The third-order valence-electron chi connectivity index (χ3n) is 5.66. The Balaban J connectivity index is 1.29. The maximum absolute atomic E-state index is 13.0. The summed E-state index contributed by atoms with van der Waals surface area (Å²) in [7, 11) is 0. The second-order valence-electron chi connectivity index (χ2n) is 7.61. The van der Waals surface area contributed by atoms with Crippen molar-refractivity contribution in [2.75, 3.05) is 11.9 Å². The number of amides is 1. The van der Waals surface area contributed by atoms with Crippen molar-refractivity contribution in [2.45, 2.75) is 25.4 Å². The summed E-state index contributed by atoms with van der Waals surface area (Å²) in [5.74, 6) is 0.0486. The minimum Gasteiger partial charge on any atom is -0.325 e. The Bertz CT molecular complexity index is 1150. The third kappa shape index (κ3) is 3.69. The first-order chi connectivity index (χ1) is 14.8. The van der Waals surface area contributed by atoms with Gasteiger partial charge in [0.15, 0.2) is 0 Å². The Morgan fingerprint density at radius 3 is 2.73 bits per heavy atom. The molecule has 0 bridgehead atoms. The molecule has 0 saturated carbocycles. The molecule has 1 unspecified atom stereocenters. The number of nitrogens with one attached hydrogen (secondary N) is 1. The number of benzene rings is 2. The summed E-state index contributed by atoms with van der Waals surface area (Å²) in [5, 5.41) is 8.44. The molecular formula is C24H23N5O. The average molecular weight is 397 g/mol. The number of aromatic nitrogens is 3. The fraction of sp³-hybridized carbons (Fsp3) is 0.208. The van der Waals surface area contributed by atoms with Gasteiger partial charge in [0.25, 0.3) is 0 Å². The molecule has 1 atom stereocenters. The number of fused-ring (bicyclic) bond motifs is 1. The van der Waals surface area contributed by atoms with Gasteiger partial charge in [0.1, 0.15) is 0 Å². The molecule has 3 heterocycles. The zero-order valence-electron chi connectivity index (χ0n) is 16.6. The number of nitrogens with zero attached hydrogens (tertiary/aromatic N) is 4. The van der Waals surface area contributed by atoms with E-state index in [4.69, 9.17) is 0 Å². The highest BCUT2D eigenvalue weighted by molar-refractivity contribution is 5.95. The van der Waals surface area contributed by atoms with E-state index in [1.165, 1.54) is 0 Å². The lowest BCUT2D eigenvalue weighted by Crippen LogP contribution is -2.39. The van der Waals surface area contributed by atoms with Gasteiger partial charge in [-0.25, -0.2) is 4.68 Å². The summed E-state index contributed by atoms with van der Waals surface area (Å²) in [6.07, 6.45) is 7.36. The zero-order valence-corrected chi connectivity index (χ0v) is 16.6. The molecule has 0 aliphatic carbocycles. The summed E-state index contributed by atoms with van der Waals surface area (Å²) in [6.45, 7) is 1.64. The van der Waals surface area contributed by atoms with Gasteiger partial charge in [-0.15, -0.1) is 0 Å². The minimum atomic E-state index is -0.130. The van der Waals surface area contributed by atoms with Gasteiger partial charge in [-0.1, -0.05) is 24.3 Å². The predicted molar refractivity (Wildman–Crippen MR) is 117 cm³/mol. The van der Waals surface area contributed by atoms with Crippen LogP contribution in [0, 0.1) is 0 Å². The number of para-hydroxylation sites is 1. The Morgan fingerprint density at radius 1 is 1.03 bits per heavy atom. The van der Waals surface area contributed by atoms with Crippen LogP contribution in [0.4, 0.5) is 5.69 Å². The number of carbonyl (C=O) groups is 1. The molecule has 1 amide bonds. The van der Waals surface area contributed by atoms with Crippen LogP contribution in [-0.2, 0) is 11.3 Å². The smallest absolute Gasteiger partial charge is 0.241 e. The van der Waals surface area contributed by atoms with Crippen LogP contribution in [0.5, 0.6) is 0 Å². The van der Waals surface area contributed by atoms with Crippen molar-refractivity contribution in [2.24, 2.45) is 0 Å². The van der Waals surface area contributed by atoms with E-state index in [1.54, 1.807) is 10.9 Å². The van der Waals surface area contributed by atoms with Gasteiger partial charge in [0, 0.05) is 36.2 Å². The summed E-state index contributed by atoms with van der Waals surface area (Å²) in [5.41, 5.74) is 3.94. The minimum absolute atomic E-state index is 0.0486. The quantitative estimate of drug-likeness (QED) is 0.552. The first-order valence-corrected chi connectivity index (χ1v) is 10.3. The second-order valence-corrected chi connectivity index (χ2v) is 7.61. The standard InChI is InChI=1S/C24H23N5O/c30-24(27-20-9-11-21(12-10-20)29-16-4-14-26-29)22-8-3-15-28(22)17-19-6-1-5-18-7-2-13-25-23(18)19/h1-2,4-7,9-14,16,22H,3,8,15,17H2,(H,27,30). The van der Waals surface area contributed by atoms with Gasteiger partial charge in [-0.3, -0.25) is 14.7 Å². The molecule has 2 aromatic heterocycles. The normalized spacial score (nSPS) is 16.7. The van der Waals surface area contributed by atoms with Crippen LogP contribution in [0.1, 0.15) is 18.4 Å². The van der Waals surface area contributed by atoms with Crippen molar-refractivity contribution in [1.29, 1.82) is 0 Å². The first-order valence-electron chi connectivity index (χ1n) is 10.3. The Hall–Kier alpha value is -3.51. The van der Waals surface area contributed by atoms with E-state index in [0.29, 0.717) is 0 Å². The molecule has 2 aromatic carbocycles. The molecule has 6 heteroatoms. The highest BCUT2D eigenvalue weighted by Crippen LogP contribution is 2.25. The van der Waals surface area contributed by atoms with Crippen molar-refractivity contribution >= 4 is 22.5 Å². The number of carbonyl (C=O) groups excluding carboxylic acids is 1. The van der Waals surface area contributed by atoms with Crippen molar-refractivity contribution in [3.8, 4) is 5.69 Å². The van der Waals surface area contributed by atoms with Gasteiger partial charge in [0.2, 0.25) is 5.91 Å². The van der Waals surface area contributed by atoms with Crippen molar-refractivity contribution in [1.82, 2.24) is 19.7 Å². The molecule has 1 N–H and O–H groups in total. The monoisotopic (exact) mass is 397 g/mol. The average Bonchev–Trinajstić information content (AvgIpc) is 3.47. The molecule has 0 spiro atoms. The third-order valence-corrected chi connectivity index (χ3v) is 5.66. The second kappa shape index (κ2) is 8.08. The molecule has 150 valence electrons. The predicted octanol–water partition coefficient (Wildman–Crippen LogP) is 4.02. The molecule has 6 nitrogen and oxygen atoms in total. The topological polar surface area (TPSA) is 63.1 Å². The highest BCUT2D eigenvalue weighted by Gasteiger charge is 2.31. The number of hydrogen-bond donors (Lipinski definition) is 1. The van der Waals surface area contributed by atoms with Gasteiger partial charge in [0.05, 0.1) is 17.2 Å². The van der Waals surface area contributed by atoms with Crippen LogP contribution >= 0.6 is 0 Å². The van der Waals surface area contributed by atoms with Crippen LogP contribution in [0.15, 0.2) is 79.3 Å². The van der Waals surface area contributed by atoms with Crippen molar-refractivity contribution in [3.05, 3.63) is 84.8 Å². The molecule has 1 fully saturated rings. The van der Waals surface area contributed by atoms with E-state index >= 15 is 0 Å². The van der Waals surface area contributed by atoms with Crippen molar-refractivity contribution < 1.29 is 4.79 Å².